The first-order valence-corrected chi connectivity index (χ1v) is 6.71. The minimum absolute atomic E-state index is 0.204. The number of para-hydroxylation sites is 1. The average molecular weight is 270 g/mol. The maximum atomic E-state index is 5.79. The van der Waals surface area contributed by atoms with E-state index in [9.17, 15) is 0 Å². The van der Waals surface area contributed by atoms with Gasteiger partial charge >= 0.3 is 0 Å². The number of nitrogens with two attached hydrogens (primary N) is 1. The van der Waals surface area contributed by atoms with Gasteiger partial charge in [-0.25, -0.2) is 0 Å². The van der Waals surface area contributed by atoms with Gasteiger partial charge in [0.1, 0.15) is 4.99 Å². The van der Waals surface area contributed by atoms with Crippen molar-refractivity contribution in [3.8, 4) is 0 Å². The van der Waals surface area contributed by atoms with E-state index >= 15 is 0 Å². The molecule has 2 rings (SSSR count). The highest BCUT2D eigenvalue weighted by Crippen LogP contribution is 2.25. The predicted molar refractivity (Wildman–Crippen MR) is 85.5 cm³/mol. The molecule has 2 nitrogen and oxygen atoms in total. The van der Waals surface area contributed by atoms with Crippen LogP contribution in [0.1, 0.15) is 29.7 Å². The highest BCUT2D eigenvalue weighted by atomic mass is 32.1. The molecule has 98 valence electrons. The molecule has 2 aromatic rings. The van der Waals surface area contributed by atoms with Crippen molar-refractivity contribution >= 4 is 22.9 Å². The first-order chi connectivity index (χ1) is 9.09. The summed E-state index contributed by atoms with van der Waals surface area (Å²) in [6.45, 7) is 4.19. The van der Waals surface area contributed by atoms with Gasteiger partial charge in [-0.05, 0) is 31.0 Å². The molecule has 0 aliphatic carbocycles. The van der Waals surface area contributed by atoms with Gasteiger partial charge in [0, 0.05) is 17.3 Å². The highest BCUT2D eigenvalue weighted by molar-refractivity contribution is 7.80. The summed E-state index contributed by atoms with van der Waals surface area (Å²) >= 11 is 5.12. The molecule has 19 heavy (non-hydrogen) atoms. The van der Waals surface area contributed by atoms with Crippen molar-refractivity contribution in [2.24, 2.45) is 5.73 Å². The highest BCUT2D eigenvalue weighted by Gasteiger charge is 2.11. The van der Waals surface area contributed by atoms with Crippen LogP contribution >= 0.6 is 12.2 Å². The van der Waals surface area contributed by atoms with Crippen LogP contribution < -0.4 is 11.1 Å². The number of aryl methyl sites for hydroxylation is 1. The molecule has 3 N–H and O–H groups in total. The van der Waals surface area contributed by atoms with Crippen LogP contribution in [0.25, 0.3) is 0 Å². The molecule has 0 radical (unpaired) electrons. The average Bonchev–Trinajstić information content (AvgIpc) is 2.41. The Morgan fingerprint density at radius 2 is 1.79 bits per heavy atom. The number of benzene rings is 2. The molecule has 0 bridgehead atoms. The van der Waals surface area contributed by atoms with E-state index in [1.54, 1.807) is 0 Å². The van der Waals surface area contributed by atoms with E-state index < -0.39 is 0 Å². The van der Waals surface area contributed by atoms with Crippen molar-refractivity contribution in [2.45, 2.75) is 19.9 Å². The summed E-state index contributed by atoms with van der Waals surface area (Å²) in [4.78, 5) is 0.423. The number of hydrogen-bond donors (Lipinski definition) is 2. The molecule has 0 aliphatic heterocycles. The Kier molecular flexibility index (Phi) is 4.17. The lowest BCUT2D eigenvalue weighted by atomic mass is 10.0. The first-order valence-electron chi connectivity index (χ1n) is 6.30. The van der Waals surface area contributed by atoms with E-state index in [1.165, 1.54) is 5.56 Å². The summed E-state index contributed by atoms with van der Waals surface area (Å²) in [6.07, 6.45) is 0. The largest absolute Gasteiger partial charge is 0.389 e. The third-order valence-electron chi connectivity index (χ3n) is 3.20. The van der Waals surface area contributed by atoms with Gasteiger partial charge in [-0.15, -0.1) is 0 Å². The van der Waals surface area contributed by atoms with Gasteiger partial charge in [0.2, 0.25) is 0 Å². The predicted octanol–water partition coefficient (Wildman–Crippen LogP) is 3.80. The Balaban J connectivity index is 2.31. The third kappa shape index (κ3) is 3.12. The van der Waals surface area contributed by atoms with Crippen LogP contribution in [-0.2, 0) is 0 Å². The fraction of sp³-hybridized carbons (Fsp3) is 0.188. The van der Waals surface area contributed by atoms with Crippen molar-refractivity contribution in [1.82, 2.24) is 0 Å². The summed E-state index contributed by atoms with van der Waals surface area (Å²) in [5.41, 5.74) is 10.1. The zero-order chi connectivity index (χ0) is 13.8. The minimum Gasteiger partial charge on any atom is -0.389 e. The normalized spacial score (nSPS) is 11.9. The van der Waals surface area contributed by atoms with Crippen LogP contribution in [0, 0.1) is 6.92 Å². The molecule has 2 aromatic carbocycles. The molecule has 0 saturated heterocycles. The first kappa shape index (κ1) is 13.6. The number of nitrogens with one attached hydrogen (secondary N) is 1. The Bertz CT molecular complexity index is 579. The smallest absolute Gasteiger partial charge is 0.106 e. The van der Waals surface area contributed by atoms with Gasteiger partial charge < -0.3 is 11.1 Å². The molecule has 0 fully saturated rings. The molecule has 0 aromatic heterocycles. The summed E-state index contributed by atoms with van der Waals surface area (Å²) < 4.78 is 0. The van der Waals surface area contributed by atoms with E-state index in [0.29, 0.717) is 4.99 Å². The summed E-state index contributed by atoms with van der Waals surface area (Å²) in [5, 5.41) is 3.51. The number of thiocarbonyl (C=S) groups is 1. The second-order valence-corrected chi connectivity index (χ2v) is 5.08. The van der Waals surface area contributed by atoms with E-state index in [0.717, 1.165) is 16.8 Å². The summed E-state index contributed by atoms with van der Waals surface area (Å²) in [7, 11) is 0. The van der Waals surface area contributed by atoms with Crippen molar-refractivity contribution in [1.29, 1.82) is 0 Å². The van der Waals surface area contributed by atoms with Crippen LogP contribution in [-0.4, -0.2) is 4.99 Å². The minimum atomic E-state index is 0.204. The van der Waals surface area contributed by atoms with Crippen molar-refractivity contribution in [3.63, 3.8) is 0 Å². The molecule has 1 unspecified atom stereocenters. The van der Waals surface area contributed by atoms with Crippen molar-refractivity contribution in [2.75, 3.05) is 5.32 Å². The second-order valence-electron chi connectivity index (χ2n) is 4.64. The zero-order valence-corrected chi connectivity index (χ0v) is 12.0. The van der Waals surface area contributed by atoms with Gasteiger partial charge in [0.15, 0.2) is 0 Å². The SMILES string of the molecule is Cc1cccc(C(N)=S)c1NC(C)c1ccccc1. The maximum Gasteiger partial charge on any atom is 0.106 e. The molecular formula is C16H18N2S. The van der Waals surface area contributed by atoms with Crippen LogP contribution in [0.4, 0.5) is 5.69 Å². The topological polar surface area (TPSA) is 38.0 Å². The van der Waals surface area contributed by atoms with Crippen LogP contribution in [0.2, 0.25) is 0 Å². The molecule has 0 heterocycles. The lowest BCUT2D eigenvalue weighted by Crippen LogP contribution is -2.16. The Labute approximate surface area is 119 Å². The molecular weight excluding hydrogens is 252 g/mol. The van der Waals surface area contributed by atoms with Crippen LogP contribution in [0.15, 0.2) is 48.5 Å². The molecule has 0 spiro atoms. The second kappa shape index (κ2) is 5.85. The molecule has 0 amide bonds. The third-order valence-corrected chi connectivity index (χ3v) is 3.42. The molecule has 0 aliphatic rings. The number of rotatable bonds is 4. The van der Waals surface area contributed by atoms with E-state index in [1.807, 2.05) is 30.3 Å². The van der Waals surface area contributed by atoms with Gasteiger partial charge in [0.05, 0.1) is 0 Å². The Morgan fingerprint density at radius 3 is 2.42 bits per heavy atom. The van der Waals surface area contributed by atoms with Crippen molar-refractivity contribution < 1.29 is 0 Å². The van der Waals surface area contributed by atoms with Crippen LogP contribution in [0.3, 0.4) is 0 Å². The zero-order valence-electron chi connectivity index (χ0n) is 11.2. The van der Waals surface area contributed by atoms with Crippen molar-refractivity contribution in [3.05, 3.63) is 65.2 Å². The van der Waals surface area contributed by atoms with Gasteiger partial charge in [-0.3, -0.25) is 0 Å². The molecule has 3 heteroatoms. The van der Waals surface area contributed by atoms with E-state index in [-0.39, 0.29) is 6.04 Å². The number of hydrogen-bond acceptors (Lipinski definition) is 2. The Hall–Kier alpha value is -1.87. The van der Waals surface area contributed by atoms with E-state index in [4.69, 9.17) is 18.0 Å². The lowest BCUT2D eigenvalue weighted by Gasteiger charge is -2.20. The molecule has 1 atom stereocenters. The van der Waals surface area contributed by atoms with E-state index in [2.05, 4.69) is 37.4 Å². The monoisotopic (exact) mass is 270 g/mol. The van der Waals surface area contributed by atoms with Gasteiger partial charge in [-0.2, -0.15) is 0 Å². The lowest BCUT2D eigenvalue weighted by molar-refractivity contribution is 0.882. The quantitative estimate of drug-likeness (QED) is 0.830. The fourth-order valence-electron chi connectivity index (χ4n) is 2.11. The molecule has 0 saturated carbocycles. The summed E-state index contributed by atoms with van der Waals surface area (Å²) in [5.74, 6) is 0. The maximum absolute atomic E-state index is 5.79. The summed E-state index contributed by atoms with van der Waals surface area (Å²) in [6, 6.07) is 16.5. The van der Waals surface area contributed by atoms with Gasteiger partial charge in [0.25, 0.3) is 0 Å². The fourth-order valence-corrected chi connectivity index (χ4v) is 2.28. The van der Waals surface area contributed by atoms with Gasteiger partial charge in [-0.1, -0.05) is 54.7 Å². The number of anilines is 1. The van der Waals surface area contributed by atoms with Crippen LogP contribution in [0.5, 0.6) is 0 Å². The standard InChI is InChI=1S/C16H18N2S/c1-11-7-6-10-14(16(17)19)15(11)18-12(2)13-8-4-3-5-9-13/h3-10,12,18H,1-2H3,(H2,17,19). The Morgan fingerprint density at radius 1 is 1.11 bits per heavy atom.